The average Bonchev–Trinajstić information content (AvgIpc) is 2.83. The highest BCUT2D eigenvalue weighted by Gasteiger charge is 2.24. The molecule has 0 saturated carbocycles. The minimum absolute atomic E-state index is 0.0149. The van der Waals surface area contributed by atoms with Gasteiger partial charge in [0.25, 0.3) is 5.91 Å². The van der Waals surface area contributed by atoms with Crippen molar-refractivity contribution in [2.45, 2.75) is 25.8 Å². The standard InChI is InChI=1S/C23H20BrClN6O2/c1-14-10-15(12-26)11-19(25)20(14)33-21-18(24)13-28-23(30-21)29-17-4-8-31(9-5-17)22(32)16-2-6-27-7-3-16/h2-3,6-7,10-11,13,17H,4-5,8-9H2,1H3,(H,28,29,30). The zero-order valence-corrected chi connectivity index (χ0v) is 20.1. The van der Waals surface area contributed by atoms with E-state index >= 15 is 0 Å². The van der Waals surface area contributed by atoms with Crippen LogP contribution in [0.2, 0.25) is 5.02 Å². The molecule has 33 heavy (non-hydrogen) atoms. The van der Waals surface area contributed by atoms with Crippen molar-refractivity contribution < 1.29 is 9.53 Å². The van der Waals surface area contributed by atoms with E-state index in [0.717, 1.165) is 18.4 Å². The molecule has 0 unspecified atom stereocenters. The van der Waals surface area contributed by atoms with Crippen molar-refractivity contribution >= 4 is 39.4 Å². The van der Waals surface area contributed by atoms with Gasteiger partial charge in [0.2, 0.25) is 11.8 Å². The van der Waals surface area contributed by atoms with E-state index in [1.807, 2.05) is 11.8 Å². The summed E-state index contributed by atoms with van der Waals surface area (Å²) >= 11 is 9.72. The van der Waals surface area contributed by atoms with Gasteiger partial charge < -0.3 is 15.0 Å². The maximum absolute atomic E-state index is 12.6. The molecule has 1 aromatic carbocycles. The van der Waals surface area contributed by atoms with Gasteiger partial charge in [-0.2, -0.15) is 10.2 Å². The molecular formula is C23H20BrClN6O2. The van der Waals surface area contributed by atoms with E-state index in [1.54, 1.807) is 42.9 Å². The molecule has 10 heteroatoms. The molecule has 4 rings (SSSR count). The molecule has 0 bridgehead atoms. The summed E-state index contributed by atoms with van der Waals surface area (Å²) in [6.07, 6.45) is 6.40. The Labute approximate surface area is 204 Å². The quantitative estimate of drug-likeness (QED) is 0.499. The molecule has 168 valence electrons. The van der Waals surface area contributed by atoms with Gasteiger partial charge in [-0.1, -0.05) is 11.6 Å². The molecular weight excluding hydrogens is 508 g/mol. The number of hydrogen-bond donors (Lipinski definition) is 1. The number of hydrogen-bond acceptors (Lipinski definition) is 7. The van der Waals surface area contributed by atoms with Crippen LogP contribution in [0.1, 0.15) is 34.3 Å². The summed E-state index contributed by atoms with van der Waals surface area (Å²) in [6.45, 7) is 3.09. The first-order chi connectivity index (χ1) is 15.9. The number of nitrogens with one attached hydrogen (secondary N) is 1. The summed E-state index contributed by atoms with van der Waals surface area (Å²) in [7, 11) is 0. The SMILES string of the molecule is Cc1cc(C#N)cc(Cl)c1Oc1nc(NC2CCN(C(=O)c3ccncc3)CC2)ncc1Br. The molecule has 1 N–H and O–H groups in total. The second-order valence-electron chi connectivity index (χ2n) is 7.61. The number of rotatable bonds is 5. The normalized spacial score (nSPS) is 13.9. The predicted molar refractivity (Wildman–Crippen MR) is 127 cm³/mol. The second-order valence-corrected chi connectivity index (χ2v) is 8.87. The number of aromatic nitrogens is 3. The number of piperidine rings is 1. The summed E-state index contributed by atoms with van der Waals surface area (Å²) in [6, 6.07) is 8.91. The fraction of sp³-hybridized carbons (Fsp3) is 0.261. The minimum Gasteiger partial charge on any atom is -0.436 e. The Kier molecular flexibility index (Phi) is 7.06. The Morgan fingerprint density at radius 2 is 2.03 bits per heavy atom. The number of benzene rings is 1. The van der Waals surface area contributed by atoms with Crippen LogP contribution in [0.25, 0.3) is 0 Å². The monoisotopic (exact) mass is 526 g/mol. The summed E-state index contributed by atoms with van der Waals surface area (Å²) in [5, 5.41) is 12.8. The molecule has 2 aromatic heterocycles. The lowest BCUT2D eigenvalue weighted by Gasteiger charge is -2.32. The number of amides is 1. The van der Waals surface area contributed by atoms with Crippen LogP contribution in [0.5, 0.6) is 11.6 Å². The molecule has 0 aliphatic carbocycles. The number of carbonyl (C=O) groups excluding carboxylic acids is 1. The molecule has 0 atom stereocenters. The van der Waals surface area contributed by atoms with E-state index in [9.17, 15) is 4.79 Å². The van der Waals surface area contributed by atoms with Crippen LogP contribution in [-0.4, -0.2) is 44.9 Å². The smallest absolute Gasteiger partial charge is 0.253 e. The van der Waals surface area contributed by atoms with Crippen molar-refractivity contribution in [1.29, 1.82) is 5.26 Å². The topological polar surface area (TPSA) is 104 Å². The van der Waals surface area contributed by atoms with E-state index < -0.39 is 0 Å². The van der Waals surface area contributed by atoms with Crippen LogP contribution in [0, 0.1) is 18.3 Å². The van der Waals surface area contributed by atoms with E-state index in [1.165, 1.54) is 0 Å². The summed E-state index contributed by atoms with van der Waals surface area (Å²) < 4.78 is 6.53. The molecule has 1 aliphatic heterocycles. The van der Waals surface area contributed by atoms with Crippen molar-refractivity contribution in [2.24, 2.45) is 0 Å². The molecule has 1 aliphatic rings. The van der Waals surface area contributed by atoms with Gasteiger partial charge in [-0.05, 0) is 65.5 Å². The molecule has 3 aromatic rings. The van der Waals surface area contributed by atoms with Crippen LogP contribution < -0.4 is 10.1 Å². The fourth-order valence-electron chi connectivity index (χ4n) is 3.60. The Bertz CT molecular complexity index is 1190. The number of pyridine rings is 1. The Balaban J connectivity index is 1.41. The van der Waals surface area contributed by atoms with Crippen LogP contribution in [-0.2, 0) is 0 Å². The Morgan fingerprint density at radius 1 is 1.30 bits per heavy atom. The van der Waals surface area contributed by atoms with E-state index in [2.05, 4.69) is 42.3 Å². The average molecular weight is 528 g/mol. The lowest BCUT2D eigenvalue weighted by molar-refractivity contribution is 0.0718. The van der Waals surface area contributed by atoms with Crippen LogP contribution >= 0.6 is 27.5 Å². The number of nitriles is 1. The van der Waals surface area contributed by atoms with Crippen LogP contribution in [0.4, 0.5) is 5.95 Å². The number of halogens is 2. The first-order valence-corrected chi connectivity index (χ1v) is 11.5. The number of anilines is 1. The Morgan fingerprint density at radius 3 is 2.70 bits per heavy atom. The number of ether oxygens (including phenoxy) is 1. The van der Waals surface area contributed by atoms with Crippen molar-refractivity contribution in [1.82, 2.24) is 19.9 Å². The zero-order valence-electron chi connectivity index (χ0n) is 17.8. The molecule has 8 nitrogen and oxygen atoms in total. The van der Waals surface area contributed by atoms with Crippen LogP contribution in [0.15, 0.2) is 47.3 Å². The minimum atomic E-state index is 0.0149. The van der Waals surface area contributed by atoms with Crippen molar-refractivity contribution in [2.75, 3.05) is 18.4 Å². The molecule has 0 radical (unpaired) electrons. The van der Waals surface area contributed by atoms with Gasteiger partial charge in [0.05, 0.1) is 27.3 Å². The molecule has 3 heterocycles. The van der Waals surface area contributed by atoms with E-state index in [0.29, 0.717) is 51.3 Å². The van der Waals surface area contributed by atoms with E-state index in [4.69, 9.17) is 21.6 Å². The highest BCUT2D eigenvalue weighted by molar-refractivity contribution is 9.10. The van der Waals surface area contributed by atoms with E-state index in [-0.39, 0.29) is 11.9 Å². The third-order valence-corrected chi connectivity index (χ3v) is 6.14. The second kappa shape index (κ2) is 10.1. The van der Waals surface area contributed by atoms with Gasteiger partial charge in [0.15, 0.2) is 5.75 Å². The van der Waals surface area contributed by atoms with Gasteiger partial charge in [-0.3, -0.25) is 9.78 Å². The first kappa shape index (κ1) is 23.0. The van der Waals surface area contributed by atoms with Gasteiger partial charge in [-0.25, -0.2) is 4.98 Å². The number of nitrogens with zero attached hydrogens (tertiary/aromatic N) is 5. The predicted octanol–water partition coefficient (Wildman–Crippen LogP) is 4.98. The maximum atomic E-state index is 12.6. The summed E-state index contributed by atoms with van der Waals surface area (Å²) in [5.74, 6) is 1.19. The summed E-state index contributed by atoms with van der Waals surface area (Å²) in [4.78, 5) is 27.2. The third kappa shape index (κ3) is 5.41. The first-order valence-electron chi connectivity index (χ1n) is 10.3. The Hall–Kier alpha value is -3.22. The maximum Gasteiger partial charge on any atom is 0.253 e. The molecule has 1 amide bonds. The number of carbonyl (C=O) groups is 1. The van der Waals surface area contributed by atoms with Crippen molar-refractivity contribution in [3.8, 4) is 17.7 Å². The molecule has 0 spiro atoms. The summed E-state index contributed by atoms with van der Waals surface area (Å²) in [5.41, 5.74) is 1.83. The van der Waals surface area contributed by atoms with Gasteiger partial charge in [0.1, 0.15) is 0 Å². The van der Waals surface area contributed by atoms with Crippen LogP contribution in [0.3, 0.4) is 0 Å². The van der Waals surface area contributed by atoms with Crippen molar-refractivity contribution in [3.05, 3.63) is 69.0 Å². The fourth-order valence-corrected chi connectivity index (χ4v) is 4.18. The lowest BCUT2D eigenvalue weighted by Crippen LogP contribution is -2.42. The lowest BCUT2D eigenvalue weighted by atomic mass is 10.0. The third-order valence-electron chi connectivity index (χ3n) is 5.31. The molecule has 1 fully saturated rings. The largest absolute Gasteiger partial charge is 0.436 e. The zero-order chi connectivity index (χ0) is 23.4. The highest BCUT2D eigenvalue weighted by atomic mass is 79.9. The number of aryl methyl sites for hydroxylation is 1. The number of likely N-dealkylation sites (tertiary alicyclic amines) is 1. The highest BCUT2D eigenvalue weighted by Crippen LogP contribution is 2.36. The van der Waals surface area contributed by atoms with Gasteiger partial charge >= 0.3 is 0 Å². The van der Waals surface area contributed by atoms with Gasteiger partial charge in [-0.15, -0.1) is 0 Å². The van der Waals surface area contributed by atoms with Gasteiger partial charge in [0, 0.05) is 37.1 Å². The van der Waals surface area contributed by atoms with Crippen molar-refractivity contribution in [3.63, 3.8) is 0 Å². The molecule has 1 saturated heterocycles.